The Morgan fingerprint density at radius 2 is 1.58 bits per heavy atom. The number of aromatic nitrogens is 1. The molecule has 0 aliphatic rings. The first-order valence-corrected chi connectivity index (χ1v) is 10.7. The second-order valence-corrected chi connectivity index (χ2v) is 7.48. The van der Waals surface area contributed by atoms with Gasteiger partial charge in [-0.3, -0.25) is 9.59 Å². The number of carbonyl (C=O) groups excluding carboxylic acids is 1. The number of carbonyl (C=O) groups is 2. The molecule has 10 heteroatoms. The number of nitrogens with one attached hydrogen (secondary N) is 1. The fraction of sp³-hybridized carbons (Fsp3) is 0.261. The number of aliphatic carboxylic acids is 1. The van der Waals surface area contributed by atoms with E-state index in [1.54, 1.807) is 26.4 Å². The van der Waals surface area contributed by atoms with Crippen LogP contribution in [0.15, 0.2) is 35.7 Å². The van der Waals surface area contributed by atoms with Crippen LogP contribution in [0.5, 0.6) is 23.0 Å². The molecule has 2 aromatic carbocycles. The van der Waals surface area contributed by atoms with Crippen LogP contribution in [0.25, 0.3) is 22.4 Å². The lowest BCUT2D eigenvalue weighted by Gasteiger charge is -2.15. The Morgan fingerprint density at radius 3 is 2.15 bits per heavy atom. The summed E-state index contributed by atoms with van der Waals surface area (Å²) in [7, 11) is 6.13. The molecule has 9 nitrogen and oxygen atoms in total. The zero-order chi connectivity index (χ0) is 24.0. The highest BCUT2D eigenvalue weighted by molar-refractivity contribution is 7.04. The number of hydrogen-bond donors (Lipinski definition) is 2. The van der Waals surface area contributed by atoms with E-state index in [1.807, 2.05) is 23.6 Å². The molecule has 3 rings (SSSR count). The van der Waals surface area contributed by atoms with Gasteiger partial charge in [0.1, 0.15) is 5.75 Å². The number of amides is 1. The predicted octanol–water partition coefficient (Wildman–Crippen LogP) is 4.31. The van der Waals surface area contributed by atoms with Gasteiger partial charge >= 0.3 is 5.97 Å². The molecular weight excluding hydrogens is 448 g/mol. The Kier molecular flexibility index (Phi) is 7.73. The molecule has 1 heterocycles. The first-order chi connectivity index (χ1) is 15.9. The van der Waals surface area contributed by atoms with Crippen molar-refractivity contribution in [3.63, 3.8) is 0 Å². The minimum atomic E-state index is -1.04. The summed E-state index contributed by atoms with van der Waals surface area (Å²) in [5.74, 6) is 0.501. The van der Waals surface area contributed by atoms with E-state index in [4.69, 9.17) is 24.1 Å². The smallest absolute Gasteiger partial charge is 0.303 e. The summed E-state index contributed by atoms with van der Waals surface area (Å²) in [6, 6.07) is 8.99. The third-order valence-electron chi connectivity index (χ3n) is 4.86. The monoisotopic (exact) mass is 472 g/mol. The second-order valence-electron chi connectivity index (χ2n) is 6.85. The van der Waals surface area contributed by atoms with Crippen molar-refractivity contribution in [2.24, 2.45) is 0 Å². The Bertz CT molecular complexity index is 1130. The molecule has 3 aromatic rings. The lowest BCUT2D eigenvalue weighted by atomic mass is 10.0. The molecule has 0 atom stereocenters. The standard InChI is InChI=1S/C23H24N2O7S/c1-29-17-6-5-13(9-16(17)24-20(26)7-8-21(27)28)15-12-33-25-22(15)14-10-18(30-2)23(32-4)19(11-14)31-3/h5-6,9-12H,7-8H2,1-4H3,(H,24,26)(H,27,28). The summed E-state index contributed by atoms with van der Waals surface area (Å²) in [5, 5.41) is 13.4. The maximum Gasteiger partial charge on any atom is 0.303 e. The van der Waals surface area contributed by atoms with Gasteiger partial charge in [-0.05, 0) is 41.4 Å². The molecule has 0 spiro atoms. The molecule has 2 N–H and O–H groups in total. The predicted molar refractivity (Wildman–Crippen MR) is 125 cm³/mol. The van der Waals surface area contributed by atoms with Crippen LogP contribution in [-0.4, -0.2) is 49.8 Å². The van der Waals surface area contributed by atoms with Crippen molar-refractivity contribution < 1.29 is 33.6 Å². The number of anilines is 1. The fourth-order valence-electron chi connectivity index (χ4n) is 3.27. The Labute approximate surface area is 195 Å². The van der Waals surface area contributed by atoms with E-state index in [0.717, 1.165) is 16.7 Å². The quantitative estimate of drug-likeness (QED) is 0.448. The molecule has 0 fully saturated rings. The number of ether oxygens (including phenoxy) is 4. The van der Waals surface area contributed by atoms with Crippen molar-refractivity contribution in [2.45, 2.75) is 12.8 Å². The van der Waals surface area contributed by atoms with Crippen molar-refractivity contribution >= 4 is 29.1 Å². The Hall–Kier alpha value is -3.79. The molecule has 0 unspecified atom stereocenters. The molecule has 0 aliphatic carbocycles. The number of rotatable bonds is 10. The van der Waals surface area contributed by atoms with Gasteiger partial charge in [-0.25, -0.2) is 0 Å². The van der Waals surface area contributed by atoms with Gasteiger partial charge in [0.15, 0.2) is 11.5 Å². The van der Waals surface area contributed by atoms with E-state index in [2.05, 4.69) is 9.69 Å². The third kappa shape index (κ3) is 5.35. The van der Waals surface area contributed by atoms with Crippen molar-refractivity contribution in [3.8, 4) is 45.4 Å². The van der Waals surface area contributed by atoms with Crippen LogP contribution in [0, 0.1) is 0 Å². The average molecular weight is 473 g/mol. The van der Waals surface area contributed by atoms with Crippen LogP contribution < -0.4 is 24.3 Å². The van der Waals surface area contributed by atoms with Gasteiger partial charge in [0, 0.05) is 22.9 Å². The van der Waals surface area contributed by atoms with Crippen LogP contribution in [0.4, 0.5) is 5.69 Å². The number of methoxy groups -OCH3 is 4. The molecule has 0 saturated heterocycles. The maximum atomic E-state index is 12.2. The highest BCUT2D eigenvalue weighted by atomic mass is 32.1. The molecule has 1 amide bonds. The van der Waals surface area contributed by atoms with Gasteiger partial charge < -0.3 is 29.4 Å². The van der Waals surface area contributed by atoms with Gasteiger partial charge in [0.2, 0.25) is 11.7 Å². The molecule has 0 saturated carbocycles. The minimum absolute atomic E-state index is 0.139. The summed E-state index contributed by atoms with van der Waals surface area (Å²) in [6.45, 7) is 0. The number of benzene rings is 2. The molecule has 174 valence electrons. The number of carboxylic acid groups (broad SMARTS) is 1. The number of nitrogens with zero attached hydrogens (tertiary/aromatic N) is 1. The largest absolute Gasteiger partial charge is 0.495 e. The van der Waals surface area contributed by atoms with Crippen LogP contribution in [0.2, 0.25) is 0 Å². The van der Waals surface area contributed by atoms with Gasteiger partial charge in [-0.1, -0.05) is 6.07 Å². The van der Waals surface area contributed by atoms with E-state index in [9.17, 15) is 9.59 Å². The number of carboxylic acids is 1. The molecular formula is C23H24N2O7S. The summed E-state index contributed by atoms with van der Waals surface area (Å²) in [6.07, 6.45) is -0.396. The van der Waals surface area contributed by atoms with Gasteiger partial charge in [-0.15, -0.1) is 0 Å². The van der Waals surface area contributed by atoms with Gasteiger partial charge in [-0.2, -0.15) is 4.37 Å². The van der Waals surface area contributed by atoms with E-state index in [-0.39, 0.29) is 12.8 Å². The summed E-state index contributed by atoms with van der Waals surface area (Å²) < 4.78 is 26.2. The molecule has 1 aromatic heterocycles. The van der Waals surface area contributed by atoms with Gasteiger partial charge in [0.25, 0.3) is 0 Å². The zero-order valence-corrected chi connectivity index (χ0v) is 19.4. The second kappa shape index (κ2) is 10.7. The van der Waals surface area contributed by atoms with Crippen molar-refractivity contribution in [1.29, 1.82) is 0 Å². The Balaban J connectivity index is 2.01. The van der Waals surface area contributed by atoms with Crippen molar-refractivity contribution in [1.82, 2.24) is 4.37 Å². The maximum absolute atomic E-state index is 12.2. The SMILES string of the molecule is COc1ccc(-c2csnc2-c2cc(OC)c(OC)c(OC)c2)cc1NC(=O)CCC(=O)O. The lowest BCUT2D eigenvalue weighted by Crippen LogP contribution is -2.13. The summed E-state index contributed by atoms with van der Waals surface area (Å²) in [4.78, 5) is 22.9. The molecule has 0 radical (unpaired) electrons. The minimum Gasteiger partial charge on any atom is -0.495 e. The topological polar surface area (TPSA) is 116 Å². The van der Waals surface area contributed by atoms with Gasteiger partial charge in [0.05, 0.1) is 46.2 Å². The highest BCUT2D eigenvalue weighted by Gasteiger charge is 2.19. The zero-order valence-electron chi connectivity index (χ0n) is 18.6. The summed E-state index contributed by atoms with van der Waals surface area (Å²) in [5.41, 5.74) is 3.53. The molecule has 0 aliphatic heterocycles. The van der Waals surface area contributed by atoms with Crippen LogP contribution in [0.3, 0.4) is 0 Å². The lowest BCUT2D eigenvalue weighted by molar-refractivity contribution is -0.138. The van der Waals surface area contributed by atoms with Crippen LogP contribution >= 0.6 is 11.5 Å². The first-order valence-electron chi connectivity index (χ1n) is 9.86. The van der Waals surface area contributed by atoms with Crippen LogP contribution in [0.1, 0.15) is 12.8 Å². The van der Waals surface area contributed by atoms with E-state index in [0.29, 0.717) is 34.4 Å². The molecule has 0 bridgehead atoms. The van der Waals surface area contributed by atoms with E-state index < -0.39 is 11.9 Å². The van der Waals surface area contributed by atoms with E-state index >= 15 is 0 Å². The van der Waals surface area contributed by atoms with Crippen molar-refractivity contribution in [3.05, 3.63) is 35.7 Å². The van der Waals surface area contributed by atoms with Crippen LogP contribution in [-0.2, 0) is 9.59 Å². The normalized spacial score (nSPS) is 10.4. The highest BCUT2D eigenvalue weighted by Crippen LogP contribution is 2.44. The Morgan fingerprint density at radius 1 is 0.909 bits per heavy atom. The molecule has 33 heavy (non-hydrogen) atoms. The average Bonchev–Trinajstić information content (AvgIpc) is 3.31. The fourth-order valence-corrected chi connectivity index (χ4v) is 3.99. The third-order valence-corrected chi connectivity index (χ3v) is 5.49. The first kappa shape index (κ1) is 23.9. The van der Waals surface area contributed by atoms with E-state index in [1.165, 1.54) is 25.8 Å². The number of hydrogen-bond acceptors (Lipinski definition) is 8. The summed E-state index contributed by atoms with van der Waals surface area (Å²) >= 11 is 1.29. The van der Waals surface area contributed by atoms with Crippen molar-refractivity contribution in [2.75, 3.05) is 33.8 Å².